The first-order valence-corrected chi connectivity index (χ1v) is 7.81. The number of ether oxygens (including phenoxy) is 1. The maximum absolute atomic E-state index is 11.2. The van der Waals surface area contributed by atoms with Crippen LogP contribution in [0.1, 0.15) is 51.1 Å². The number of hydrogen-bond acceptors (Lipinski definition) is 5. The molecule has 6 nitrogen and oxygen atoms in total. The third-order valence-electron chi connectivity index (χ3n) is 3.47. The average molecular weight is 305 g/mol. The smallest absolute Gasteiger partial charge is 0.308 e. The molecule has 0 aliphatic heterocycles. The fourth-order valence-corrected chi connectivity index (χ4v) is 2.41. The number of esters is 1. The first kappa shape index (κ1) is 16.4. The molecular formula is C16H23N3O3. The van der Waals surface area contributed by atoms with Gasteiger partial charge in [-0.15, -0.1) is 5.10 Å². The van der Waals surface area contributed by atoms with Gasteiger partial charge in [0.1, 0.15) is 11.5 Å². The number of rotatable bonds is 8. The van der Waals surface area contributed by atoms with Gasteiger partial charge in [-0.1, -0.05) is 24.1 Å². The van der Waals surface area contributed by atoms with E-state index in [-0.39, 0.29) is 12.6 Å². The summed E-state index contributed by atoms with van der Waals surface area (Å²) in [5.74, 6) is 0.254. The molecule has 0 fully saturated rings. The van der Waals surface area contributed by atoms with Crippen LogP contribution in [0.25, 0.3) is 5.57 Å². The van der Waals surface area contributed by atoms with Crippen LogP contribution >= 0.6 is 0 Å². The number of carbonyl (C=O) groups is 1. The van der Waals surface area contributed by atoms with Crippen LogP contribution in [0.5, 0.6) is 0 Å². The maximum Gasteiger partial charge on any atom is 0.308 e. The van der Waals surface area contributed by atoms with E-state index >= 15 is 0 Å². The Labute approximate surface area is 130 Å². The third kappa shape index (κ3) is 4.80. The van der Waals surface area contributed by atoms with Crippen LogP contribution in [-0.2, 0) is 16.1 Å². The zero-order valence-corrected chi connectivity index (χ0v) is 13.0. The predicted molar refractivity (Wildman–Crippen MR) is 82.6 cm³/mol. The van der Waals surface area contributed by atoms with E-state index in [1.807, 2.05) is 23.0 Å². The van der Waals surface area contributed by atoms with E-state index in [0.717, 1.165) is 56.3 Å². The van der Waals surface area contributed by atoms with Crippen LogP contribution < -0.4 is 0 Å². The zero-order valence-electron chi connectivity index (χ0n) is 13.0. The Morgan fingerprint density at radius 1 is 1.27 bits per heavy atom. The van der Waals surface area contributed by atoms with Crippen molar-refractivity contribution in [2.75, 3.05) is 6.61 Å². The van der Waals surface area contributed by atoms with E-state index in [2.05, 4.69) is 10.3 Å². The van der Waals surface area contributed by atoms with Crippen LogP contribution in [0.3, 0.4) is 0 Å². The molecule has 1 aliphatic rings. The van der Waals surface area contributed by atoms with Crippen molar-refractivity contribution in [3.05, 3.63) is 29.8 Å². The second-order valence-electron chi connectivity index (χ2n) is 5.36. The second-order valence-corrected chi connectivity index (χ2v) is 5.36. The number of aromatic nitrogens is 3. The van der Waals surface area contributed by atoms with Crippen molar-refractivity contribution in [1.82, 2.24) is 15.0 Å². The Kier molecular flexibility index (Phi) is 6.33. The highest BCUT2D eigenvalue weighted by Gasteiger charge is 2.17. The van der Waals surface area contributed by atoms with Crippen molar-refractivity contribution in [2.45, 2.75) is 52.0 Å². The van der Waals surface area contributed by atoms with Crippen LogP contribution in [-0.4, -0.2) is 32.7 Å². The lowest BCUT2D eigenvalue weighted by molar-refractivity contribution is -0.136. The van der Waals surface area contributed by atoms with Gasteiger partial charge in [0.25, 0.3) is 0 Å². The summed E-state index contributed by atoms with van der Waals surface area (Å²) in [5.41, 5.74) is 1.58. The maximum atomic E-state index is 11.2. The minimum Gasteiger partial charge on any atom is -0.426 e. The lowest BCUT2D eigenvalue weighted by Crippen LogP contribution is -2.04. The van der Waals surface area contributed by atoms with Crippen molar-refractivity contribution >= 4 is 11.5 Å². The quantitative estimate of drug-likeness (QED) is 0.589. The van der Waals surface area contributed by atoms with Crippen LogP contribution in [0.2, 0.25) is 0 Å². The molecule has 1 aromatic rings. The summed E-state index contributed by atoms with van der Waals surface area (Å²) in [5, 5.41) is 17.1. The summed E-state index contributed by atoms with van der Waals surface area (Å²) >= 11 is 0. The highest BCUT2D eigenvalue weighted by atomic mass is 16.5. The molecule has 120 valence electrons. The Morgan fingerprint density at radius 3 is 2.82 bits per heavy atom. The fourth-order valence-electron chi connectivity index (χ4n) is 2.41. The molecule has 0 radical (unpaired) electrons. The highest BCUT2D eigenvalue weighted by Crippen LogP contribution is 2.27. The molecule has 0 spiro atoms. The van der Waals surface area contributed by atoms with E-state index in [9.17, 15) is 4.79 Å². The molecule has 1 heterocycles. The standard InChI is InChI=1S/C16H23N3O3/c1-13(21)22-16-9-5-4-8-14(16)15-12-19(18-17-15)10-6-2-3-7-11-20/h8-9,12,20H,2-7,10-11H2,1H3. The van der Waals surface area contributed by atoms with Crippen LogP contribution in [0.15, 0.2) is 24.1 Å². The first-order valence-electron chi connectivity index (χ1n) is 7.81. The summed E-state index contributed by atoms with van der Waals surface area (Å²) in [7, 11) is 0. The predicted octanol–water partition coefficient (Wildman–Crippen LogP) is 2.46. The van der Waals surface area contributed by atoms with Crippen LogP contribution in [0.4, 0.5) is 0 Å². The first-order chi connectivity index (χ1) is 10.7. The Hall–Kier alpha value is -1.95. The van der Waals surface area contributed by atoms with Gasteiger partial charge in [-0.3, -0.25) is 9.48 Å². The molecule has 1 N–H and O–H groups in total. The van der Waals surface area contributed by atoms with Crippen molar-refractivity contribution in [3.63, 3.8) is 0 Å². The molecule has 0 aromatic carbocycles. The number of aliphatic hydroxyl groups excluding tert-OH is 1. The van der Waals surface area contributed by atoms with E-state index in [1.165, 1.54) is 6.92 Å². The molecule has 2 rings (SSSR count). The summed E-state index contributed by atoms with van der Waals surface area (Å²) in [6.07, 6.45) is 11.6. The number of aliphatic hydroxyl groups is 1. The summed E-state index contributed by atoms with van der Waals surface area (Å²) in [6.45, 7) is 2.46. The number of hydrogen-bond donors (Lipinski definition) is 1. The molecule has 0 amide bonds. The number of aryl methyl sites for hydroxylation is 1. The fraction of sp³-hybridized carbons (Fsp3) is 0.562. The number of carbonyl (C=O) groups excluding carboxylic acids is 1. The SMILES string of the molecule is CC(=O)OC1=CCCC=C1c1cn(CCCCCCO)nn1. The number of unbranched alkanes of at least 4 members (excludes halogenated alkanes) is 3. The van der Waals surface area contributed by atoms with E-state index in [0.29, 0.717) is 5.76 Å². The molecule has 1 aliphatic carbocycles. The minimum atomic E-state index is -0.324. The van der Waals surface area contributed by atoms with E-state index in [1.54, 1.807) is 0 Å². The summed E-state index contributed by atoms with van der Waals surface area (Å²) in [6, 6.07) is 0. The third-order valence-corrected chi connectivity index (χ3v) is 3.47. The summed E-state index contributed by atoms with van der Waals surface area (Å²) < 4.78 is 7.06. The molecule has 0 unspecified atom stereocenters. The van der Waals surface area contributed by atoms with Crippen molar-refractivity contribution in [2.24, 2.45) is 0 Å². The van der Waals surface area contributed by atoms with Gasteiger partial charge >= 0.3 is 5.97 Å². The lowest BCUT2D eigenvalue weighted by Gasteiger charge is -2.13. The van der Waals surface area contributed by atoms with Crippen molar-refractivity contribution in [1.29, 1.82) is 0 Å². The summed E-state index contributed by atoms with van der Waals surface area (Å²) in [4.78, 5) is 11.2. The Morgan fingerprint density at radius 2 is 2.05 bits per heavy atom. The Balaban J connectivity index is 1.93. The minimum absolute atomic E-state index is 0.257. The van der Waals surface area contributed by atoms with Gasteiger partial charge in [0.15, 0.2) is 0 Å². The Bertz CT molecular complexity index is 561. The van der Waals surface area contributed by atoms with Gasteiger partial charge < -0.3 is 9.84 Å². The molecule has 0 saturated heterocycles. The van der Waals surface area contributed by atoms with Crippen molar-refractivity contribution < 1.29 is 14.6 Å². The molecule has 0 bridgehead atoms. The lowest BCUT2D eigenvalue weighted by atomic mass is 10.0. The van der Waals surface area contributed by atoms with Gasteiger partial charge in [-0.25, -0.2) is 0 Å². The van der Waals surface area contributed by atoms with Gasteiger partial charge in [0.2, 0.25) is 0 Å². The van der Waals surface area contributed by atoms with Gasteiger partial charge in [0.05, 0.1) is 6.20 Å². The normalized spacial score (nSPS) is 14.5. The van der Waals surface area contributed by atoms with Gasteiger partial charge in [-0.2, -0.15) is 0 Å². The van der Waals surface area contributed by atoms with E-state index in [4.69, 9.17) is 9.84 Å². The monoisotopic (exact) mass is 305 g/mol. The number of nitrogens with zero attached hydrogens (tertiary/aromatic N) is 3. The molecule has 1 aromatic heterocycles. The molecule has 6 heteroatoms. The van der Waals surface area contributed by atoms with Crippen LogP contribution in [0, 0.1) is 0 Å². The molecular weight excluding hydrogens is 282 g/mol. The topological polar surface area (TPSA) is 77.2 Å². The van der Waals surface area contributed by atoms with E-state index < -0.39 is 0 Å². The van der Waals surface area contributed by atoms with Gasteiger partial charge in [0, 0.05) is 25.6 Å². The molecule has 0 atom stereocenters. The largest absolute Gasteiger partial charge is 0.426 e. The average Bonchev–Trinajstić information content (AvgIpc) is 2.96. The number of allylic oxidation sites excluding steroid dienone is 3. The molecule has 22 heavy (non-hydrogen) atoms. The zero-order chi connectivity index (χ0) is 15.8. The second kappa shape index (κ2) is 8.48. The van der Waals surface area contributed by atoms with Gasteiger partial charge in [-0.05, 0) is 31.8 Å². The molecule has 0 saturated carbocycles. The van der Waals surface area contributed by atoms with Crippen molar-refractivity contribution in [3.8, 4) is 0 Å². The highest BCUT2D eigenvalue weighted by molar-refractivity contribution is 5.80.